The van der Waals surface area contributed by atoms with Gasteiger partial charge in [-0.15, -0.1) is 0 Å². The zero-order chi connectivity index (χ0) is 30.0. The molecule has 3 unspecified atom stereocenters. The number of carbonyl (C=O) groups excluding carboxylic acids is 3. The maximum absolute atomic E-state index is 13.4. The summed E-state index contributed by atoms with van der Waals surface area (Å²) in [5.74, 6) is -3.90. The summed E-state index contributed by atoms with van der Waals surface area (Å²) in [4.78, 5) is 37.9. The molecule has 0 aliphatic rings. The fourth-order valence-electron chi connectivity index (χ4n) is 4.68. The molecule has 0 amide bonds. The first kappa shape index (κ1) is 31.8. The fraction of sp³-hybridized carbons (Fsp3) is 0.500. The van der Waals surface area contributed by atoms with E-state index in [9.17, 15) is 29.7 Å². The number of esters is 3. The number of ether oxygens (including phenoxy) is 3. The fourth-order valence-corrected chi connectivity index (χ4v) is 4.68. The van der Waals surface area contributed by atoms with Crippen molar-refractivity contribution in [3.05, 3.63) is 63.2 Å². The van der Waals surface area contributed by atoms with Gasteiger partial charge in [-0.1, -0.05) is 59.7 Å². The van der Waals surface area contributed by atoms with Crippen molar-refractivity contribution in [3.63, 3.8) is 0 Å². The topological polar surface area (TPSA) is 140 Å². The molecule has 0 bridgehead atoms. The van der Waals surface area contributed by atoms with Crippen molar-refractivity contribution in [1.82, 2.24) is 0 Å². The highest BCUT2D eigenvalue weighted by molar-refractivity contribution is 5.84. The Kier molecular flexibility index (Phi) is 9.58. The monoisotopic (exact) mass is 544 g/mol. The second-order valence-electron chi connectivity index (χ2n) is 11.6. The van der Waals surface area contributed by atoms with Gasteiger partial charge in [-0.25, -0.2) is 9.59 Å². The lowest BCUT2D eigenvalue weighted by molar-refractivity contribution is -0.151. The average Bonchev–Trinajstić information content (AvgIpc) is 2.86. The molecule has 2 aromatic carbocycles. The second kappa shape index (κ2) is 11.8. The lowest BCUT2D eigenvalue weighted by Gasteiger charge is -2.29. The zero-order valence-electron chi connectivity index (χ0n) is 24.3. The van der Waals surface area contributed by atoms with E-state index in [1.165, 1.54) is 20.3 Å². The Balaban J connectivity index is 3.02. The summed E-state index contributed by atoms with van der Waals surface area (Å²) in [6.45, 7) is 13.2. The summed E-state index contributed by atoms with van der Waals surface area (Å²) in [6.07, 6.45) is -3.41. The van der Waals surface area contributed by atoms with Crippen LogP contribution in [0.2, 0.25) is 0 Å². The molecule has 9 nitrogen and oxygen atoms in total. The molecule has 9 heteroatoms. The quantitative estimate of drug-likeness (QED) is 0.348. The minimum atomic E-state index is -1.81. The molecule has 0 fully saturated rings. The third-order valence-corrected chi connectivity index (χ3v) is 6.79. The van der Waals surface area contributed by atoms with Gasteiger partial charge in [0, 0.05) is 5.56 Å². The molecule has 0 aliphatic carbocycles. The first-order valence-electron chi connectivity index (χ1n) is 12.5. The Morgan fingerprint density at radius 1 is 0.667 bits per heavy atom. The number of aliphatic hydroxyl groups excluding tert-OH is 2. The van der Waals surface area contributed by atoms with Gasteiger partial charge < -0.3 is 29.5 Å². The molecule has 39 heavy (non-hydrogen) atoms. The Morgan fingerprint density at radius 3 is 1.46 bits per heavy atom. The molecule has 0 saturated heterocycles. The molecular formula is C30H40O9. The van der Waals surface area contributed by atoms with Crippen LogP contribution in [-0.4, -0.2) is 54.6 Å². The van der Waals surface area contributed by atoms with E-state index in [4.69, 9.17) is 9.47 Å². The van der Waals surface area contributed by atoms with Gasteiger partial charge in [0.15, 0.2) is 12.2 Å². The van der Waals surface area contributed by atoms with E-state index < -0.39 is 46.9 Å². The highest BCUT2D eigenvalue weighted by Gasteiger charge is 2.34. The normalized spacial score (nSPS) is 14.3. The summed E-state index contributed by atoms with van der Waals surface area (Å²) in [5, 5.41) is 32.5. The Labute approximate surface area is 229 Å². The number of benzene rings is 2. The van der Waals surface area contributed by atoms with Crippen LogP contribution < -0.4 is 0 Å². The number of hydrogen-bond donors (Lipinski definition) is 3. The summed E-state index contributed by atoms with van der Waals surface area (Å²) in [5.41, 5.74) is 1.59. The Bertz CT molecular complexity index is 1160. The molecule has 0 heterocycles. The molecule has 2 rings (SSSR count). The molecule has 0 spiro atoms. The van der Waals surface area contributed by atoms with Crippen LogP contribution in [0.5, 0.6) is 5.75 Å². The lowest BCUT2D eigenvalue weighted by atomic mass is 9.76. The predicted octanol–water partition coefficient (Wildman–Crippen LogP) is 4.01. The maximum Gasteiger partial charge on any atom is 0.339 e. The molecule has 214 valence electrons. The summed E-state index contributed by atoms with van der Waals surface area (Å²) in [6, 6.07) is 6.34. The number of carbonyl (C=O) groups is 3. The van der Waals surface area contributed by atoms with Crippen LogP contribution in [0.15, 0.2) is 24.3 Å². The summed E-state index contributed by atoms with van der Waals surface area (Å²) >= 11 is 0. The van der Waals surface area contributed by atoms with Crippen molar-refractivity contribution in [1.29, 1.82) is 0 Å². The standard InChI is InChI=1S/C30H40O9/c1-15-18(24(32)27(35)38-9)11-16(13-20(15)29(2,3)4)22(26(34)37-8)17-12-19(25(33)28(36)39-10)23(31)21(14-17)30(5,6)7/h11-14,22,24-25,31-33H,1-10H3. The third kappa shape index (κ3) is 6.59. The zero-order valence-corrected chi connectivity index (χ0v) is 24.3. The van der Waals surface area contributed by atoms with Gasteiger partial charge in [0.05, 0.1) is 21.3 Å². The van der Waals surface area contributed by atoms with Gasteiger partial charge in [-0.2, -0.15) is 0 Å². The van der Waals surface area contributed by atoms with Crippen LogP contribution in [-0.2, 0) is 39.4 Å². The van der Waals surface area contributed by atoms with E-state index in [1.54, 1.807) is 19.1 Å². The largest absolute Gasteiger partial charge is 0.507 e. The van der Waals surface area contributed by atoms with E-state index in [-0.39, 0.29) is 16.9 Å². The van der Waals surface area contributed by atoms with E-state index in [0.717, 1.165) is 12.7 Å². The van der Waals surface area contributed by atoms with E-state index >= 15 is 0 Å². The molecular weight excluding hydrogens is 504 g/mol. The van der Waals surface area contributed by atoms with E-state index in [0.29, 0.717) is 22.3 Å². The van der Waals surface area contributed by atoms with Crippen molar-refractivity contribution in [2.24, 2.45) is 0 Å². The van der Waals surface area contributed by atoms with Gasteiger partial charge >= 0.3 is 17.9 Å². The molecule has 0 aliphatic heterocycles. The van der Waals surface area contributed by atoms with Gasteiger partial charge in [0.2, 0.25) is 0 Å². The molecule has 3 N–H and O–H groups in total. The van der Waals surface area contributed by atoms with Crippen LogP contribution >= 0.6 is 0 Å². The first-order chi connectivity index (χ1) is 17.9. The highest BCUT2D eigenvalue weighted by Crippen LogP contribution is 2.42. The second-order valence-corrected chi connectivity index (χ2v) is 11.6. The summed E-state index contributed by atoms with van der Waals surface area (Å²) in [7, 11) is 3.52. The van der Waals surface area contributed by atoms with Crippen molar-refractivity contribution >= 4 is 17.9 Å². The van der Waals surface area contributed by atoms with Gasteiger partial charge in [0.1, 0.15) is 11.7 Å². The van der Waals surface area contributed by atoms with E-state index in [1.807, 2.05) is 47.6 Å². The molecule has 0 aromatic heterocycles. The SMILES string of the molecule is COC(=O)C(O)c1cc(C(C(=O)OC)c2cc(C(O)C(=O)OC)c(O)c(C(C)(C)C)c2)cc(C(C)(C)C)c1C. The first-order valence-corrected chi connectivity index (χ1v) is 12.5. The number of aromatic hydroxyl groups is 1. The predicted molar refractivity (Wildman–Crippen MR) is 144 cm³/mol. The number of aliphatic hydroxyl groups is 2. The van der Waals surface area contributed by atoms with Crippen LogP contribution in [0.25, 0.3) is 0 Å². The van der Waals surface area contributed by atoms with Gasteiger partial charge in [0.25, 0.3) is 0 Å². The Morgan fingerprint density at radius 2 is 1.05 bits per heavy atom. The van der Waals surface area contributed by atoms with Crippen LogP contribution in [0, 0.1) is 6.92 Å². The van der Waals surface area contributed by atoms with Gasteiger partial charge in [-0.3, -0.25) is 4.79 Å². The number of hydrogen-bond acceptors (Lipinski definition) is 9. The minimum absolute atomic E-state index is 0.129. The third-order valence-electron chi connectivity index (χ3n) is 6.79. The van der Waals surface area contributed by atoms with Gasteiger partial charge in [-0.05, 0) is 57.2 Å². The maximum atomic E-state index is 13.4. The van der Waals surface area contributed by atoms with Crippen molar-refractivity contribution in [2.75, 3.05) is 21.3 Å². The minimum Gasteiger partial charge on any atom is -0.507 e. The smallest absolute Gasteiger partial charge is 0.339 e. The van der Waals surface area contributed by atoms with Crippen molar-refractivity contribution < 1.29 is 43.9 Å². The number of phenolic OH excluding ortho intramolecular Hbond substituents is 1. The summed E-state index contributed by atoms with van der Waals surface area (Å²) < 4.78 is 14.6. The molecule has 0 saturated carbocycles. The number of rotatable bonds is 7. The highest BCUT2D eigenvalue weighted by atomic mass is 16.5. The number of phenols is 1. The van der Waals surface area contributed by atoms with E-state index in [2.05, 4.69) is 4.74 Å². The lowest BCUT2D eigenvalue weighted by Crippen LogP contribution is -2.23. The molecule has 0 radical (unpaired) electrons. The van der Waals surface area contributed by atoms with Crippen LogP contribution in [0.4, 0.5) is 0 Å². The van der Waals surface area contributed by atoms with Crippen molar-refractivity contribution in [3.8, 4) is 5.75 Å². The molecule has 2 aromatic rings. The molecule has 3 atom stereocenters. The van der Waals surface area contributed by atoms with Crippen LogP contribution in [0.1, 0.15) is 98.6 Å². The number of methoxy groups -OCH3 is 3. The average molecular weight is 545 g/mol. The Hall–Kier alpha value is -3.43. The van der Waals surface area contributed by atoms with Crippen molar-refractivity contribution in [2.45, 2.75) is 77.4 Å². The van der Waals surface area contributed by atoms with Crippen LogP contribution in [0.3, 0.4) is 0 Å².